The molecule has 2 heterocycles. The third-order valence-corrected chi connectivity index (χ3v) is 3.26. The maximum absolute atomic E-state index is 11.6. The van der Waals surface area contributed by atoms with E-state index in [2.05, 4.69) is 10.3 Å². The van der Waals surface area contributed by atoms with Gasteiger partial charge in [-0.15, -0.1) is 0 Å². The van der Waals surface area contributed by atoms with Crippen molar-refractivity contribution in [2.45, 2.75) is 38.5 Å². The molecular weight excluding hydrogens is 244 g/mol. The van der Waals surface area contributed by atoms with Gasteiger partial charge in [-0.05, 0) is 18.9 Å². The lowest BCUT2D eigenvalue weighted by Crippen LogP contribution is -2.33. The van der Waals surface area contributed by atoms with Crippen molar-refractivity contribution in [3.63, 3.8) is 0 Å². The molecule has 0 spiro atoms. The van der Waals surface area contributed by atoms with E-state index in [1.807, 2.05) is 26.0 Å². The van der Waals surface area contributed by atoms with Gasteiger partial charge in [0.25, 0.3) is 0 Å². The zero-order valence-corrected chi connectivity index (χ0v) is 11.4. The summed E-state index contributed by atoms with van der Waals surface area (Å²) in [6.45, 7) is 4.76. The Labute approximate surface area is 113 Å². The van der Waals surface area contributed by atoms with E-state index in [9.17, 15) is 4.79 Å². The maximum atomic E-state index is 11.6. The highest BCUT2D eigenvalue weighted by atomic mass is 16.5. The van der Waals surface area contributed by atoms with Crippen LogP contribution in [0.5, 0.6) is 5.88 Å². The second-order valence-electron chi connectivity index (χ2n) is 5.43. The maximum Gasteiger partial charge on any atom is 0.226 e. The van der Waals surface area contributed by atoms with Crippen molar-refractivity contribution in [2.24, 2.45) is 0 Å². The molecule has 2 rings (SSSR count). The van der Waals surface area contributed by atoms with Crippen LogP contribution >= 0.6 is 0 Å². The minimum atomic E-state index is -0.194. The van der Waals surface area contributed by atoms with Crippen LogP contribution in [0.15, 0.2) is 12.1 Å². The third-order valence-electron chi connectivity index (χ3n) is 3.26. The number of aliphatic hydroxyl groups excluding tert-OH is 1. The van der Waals surface area contributed by atoms with Crippen LogP contribution in [0, 0.1) is 0 Å². The Balaban J connectivity index is 2.10. The molecule has 1 aromatic heterocycles. The van der Waals surface area contributed by atoms with E-state index in [1.54, 1.807) is 0 Å². The van der Waals surface area contributed by atoms with Gasteiger partial charge in [0, 0.05) is 30.1 Å². The average Bonchev–Trinajstić information content (AvgIpc) is 2.33. The molecule has 0 saturated carbocycles. The monoisotopic (exact) mass is 264 g/mol. The number of hydrogen-bond acceptors (Lipinski definition) is 4. The first-order valence-electron chi connectivity index (χ1n) is 6.58. The fraction of sp³-hybridized carbons (Fsp3) is 0.571. The zero-order valence-electron chi connectivity index (χ0n) is 11.4. The highest BCUT2D eigenvalue weighted by Gasteiger charge is 2.32. The quantitative estimate of drug-likeness (QED) is 0.796. The van der Waals surface area contributed by atoms with E-state index in [0.717, 1.165) is 12.0 Å². The summed E-state index contributed by atoms with van der Waals surface area (Å²) < 4.78 is 5.50. The molecule has 5 nitrogen and oxygen atoms in total. The number of unbranched alkanes of at least 4 members (excludes halogenated alkanes) is 1. The Morgan fingerprint density at radius 3 is 2.95 bits per heavy atom. The molecule has 0 saturated heterocycles. The van der Waals surface area contributed by atoms with Gasteiger partial charge in [-0.25, -0.2) is 0 Å². The summed E-state index contributed by atoms with van der Waals surface area (Å²) in [5, 5.41) is 11.5. The number of anilines is 1. The number of amides is 1. The van der Waals surface area contributed by atoms with Crippen LogP contribution < -0.4 is 10.1 Å². The number of ether oxygens (including phenoxy) is 1. The van der Waals surface area contributed by atoms with Gasteiger partial charge in [0.15, 0.2) is 0 Å². The van der Waals surface area contributed by atoms with E-state index >= 15 is 0 Å². The molecule has 1 aliphatic heterocycles. The SMILES string of the molecule is CC1(C)CC(=O)Nc2nc(OCCCCO)ccc21. The molecular formula is C14H20N2O3. The van der Waals surface area contributed by atoms with Crippen LogP contribution in [0.3, 0.4) is 0 Å². The Morgan fingerprint density at radius 1 is 1.42 bits per heavy atom. The second-order valence-corrected chi connectivity index (χ2v) is 5.43. The van der Waals surface area contributed by atoms with Gasteiger partial charge in [0.05, 0.1) is 6.61 Å². The molecule has 0 aromatic carbocycles. The number of pyridine rings is 1. The summed E-state index contributed by atoms with van der Waals surface area (Å²) in [6, 6.07) is 3.79. The molecule has 0 unspecified atom stereocenters. The number of aliphatic hydroxyl groups is 1. The van der Waals surface area contributed by atoms with Crippen LogP contribution in [0.4, 0.5) is 5.82 Å². The number of nitrogens with one attached hydrogen (secondary N) is 1. The molecule has 104 valence electrons. The first-order chi connectivity index (χ1) is 9.03. The largest absolute Gasteiger partial charge is 0.478 e. The second kappa shape index (κ2) is 5.57. The predicted octanol–water partition coefficient (Wildman–Crippen LogP) is 1.85. The number of hydrogen-bond donors (Lipinski definition) is 2. The fourth-order valence-corrected chi connectivity index (χ4v) is 2.23. The Kier molecular flexibility index (Phi) is 4.04. The standard InChI is InChI=1S/C14H20N2O3/c1-14(2)9-11(18)15-13-10(14)5-6-12(16-13)19-8-4-3-7-17/h5-6,17H,3-4,7-9H2,1-2H3,(H,15,16,18). The fourth-order valence-electron chi connectivity index (χ4n) is 2.23. The van der Waals surface area contributed by atoms with E-state index in [0.29, 0.717) is 31.1 Å². The number of nitrogens with zero attached hydrogens (tertiary/aromatic N) is 1. The van der Waals surface area contributed by atoms with Gasteiger partial charge in [-0.2, -0.15) is 4.98 Å². The molecule has 1 aliphatic rings. The number of carbonyl (C=O) groups is 1. The van der Waals surface area contributed by atoms with Crippen LogP contribution in [-0.2, 0) is 10.2 Å². The van der Waals surface area contributed by atoms with Crippen LogP contribution in [0.2, 0.25) is 0 Å². The van der Waals surface area contributed by atoms with E-state index in [4.69, 9.17) is 9.84 Å². The Bertz CT molecular complexity index is 472. The first-order valence-corrected chi connectivity index (χ1v) is 6.58. The van der Waals surface area contributed by atoms with Crippen molar-refractivity contribution in [1.29, 1.82) is 0 Å². The van der Waals surface area contributed by atoms with Gasteiger partial charge in [0.2, 0.25) is 11.8 Å². The van der Waals surface area contributed by atoms with Crippen molar-refractivity contribution in [3.05, 3.63) is 17.7 Å². The molecule has 1 aromatic rings. The molecule has 5 heteroatoms. The van der Waals surface area contributed by atoms with Crippen LogP contribution in [0.1, 0.15) is 38.7 Å². The number of rotatable bonds is 5. The van der Waals surface area contributed by atoms with Gasteiger partial charge in [-0.1, -0.05) is 13.8 Å². The van der Waals surface area contributed by atoms with Crippen molar-refractivity contribution < 1.29 is 14.6 Å². The number of aromatic nitrogens is 1. The van der Waals surface area contributed by atoms with Gasteiger partial charge >= 0.3 is 0 Å². The minimum Gasteiger partial charge on any atom is -0.478 e. The topological polar surface area (TPSA) is 71.5 Å². The molecule has 2 N–H and O–H groups in total. The summed E-state index contributed by atoms with van der Waals surface area (Å²) in [6.07, 6.45) is 1.97. The zero-order chi connectivity index (χ0) is 13.9. The van der Waals surface area contributed by atoms with Gasteiger partial charge in [-0.3, -0.25) is 4.79 Å². The first kappa shape index (κ1) is 13.8. The van der Waals surface area contributed by atoms with Crippen molar-refractivity contribution >= 4 is 11.7 Å². The summed E-state index contributed by atoms with van der Waals surface area (Å²) >= 11 is 0. The summed E-state index contributed by atoms with van der Waals surface area (Å²) in [5.74, 6) is 1.10. The van der Waals surface area contributed by atoms with Crippen LogP contribution in [0.25, 0.3) is 0 Å². The van der Waals surface area contributed by atoms with Crippen LogP contribution in [-0.4, -0.2) is 29.2 Å². The summed E-state index contributed by atoms with van der Waals surface area (Å²) in [7, 11) is 0. The molecule has 19 heavy (non-hydrogen) atoms. The predicted molar refractivity (Wildman–Crippen MR) is 72.3 cm³/mol. The normalized spacial score (nSPS) is 16.7. The van der Waals surface area contributed by atoms with E-state index in [-0.39, 0.29) is 17.9 Å². The summed E-state index contributed by atoms with van der Waals surface area (Å²) in [4.78, 5) is 16.0. The highest BCUT2D eigenvalue weighted by molar-refractivity contribution is 5.94. The lowest BCUT2D eigenvalue weighted by Gasteiger charge is -2.31. The number of carbonyl (C=O) groups excluding carboxylic acids is 1. The Hall–Kier alpha value is -1.62. The molecule has 0 atom stereocenters. The Morgan fingerprint density at radius 2 is 2.21 bits per heavy atom. The van der Waals surface area contributed by atoms with E-state index in [1.165, 1.54) is 0 Å². The van der Waals surface area contributed by atoms with Crippen molar-refractivity contribution in [1.82, 2.24) is 4.98 Å². The van der Waals surface area contributed by atoms with Gasteiger partial charge < -0.3 is 15.2 Å². The molecule has 0 bridgehead atoms. The summed E-state index contributed by atoms with van der Waals surface area (Å²) in [5.41, 5.74) is 0.842. The molecule has 1 amide bonds. The van der Waals surface area contributed by atoms with Gasteiger partial charge in [0.1, 0.15) is 5.82 Å². The highest BCUT2D eigenvalue weighted by Crippen LogP contribution is 2.36. The number of fused-ring (bicyclic) bond motifs is 1. The lowest BCUT2D eigenvalue weighted by atomic mass is 9.79. The minimum absolute atomic E-state index is 0.0116. The molecule has 0 aliphatic carbocycles. The van der Waals surface area contributed by atoms with Crippen molar-refractivity contribution in [2.75, 3.05) is 18.5 Å². The molecule has 0 fully saturated rings. The van der Waals surface area contributed by atoms with E-state index < -0.39 is 0 Å². The third kappa shape index (κ3) is 3.23. The van der Waals surface area contributed by atoms with Crippen molar-refractivity contribution in [3.8, 4) is 5.88 Å². The smallest absolute Gasteiger partial charge is 0.226 e. The average molecular weight is 264 g/mol. The molecule has 0 radical (unpaired) electrons. The lowest BCUT2D eigenvalue weighted by molar-refractivity contribution is -0.117.